The minimum absolute atomic E-state index is 0.00542. The molecule has 0 radical (unpaired) electrons. The zero-order valence-electron chi connectivity index (χ0n) is 15.0. The number of benzene rings is 2. The van der Waals surface area contributed by atoms with Crippen LogP contribution in [0, 0.1) is 0 Å². The van der Waals surface area contributed by atoms with Crippen LogP contribution in [-0.4, -0.2) is 47.9 Å². The van der Waals surface area contributed by atoms with E-state index in [0.717, 1.165) is 29.1 Å². The van der Waals surface area contributed by atoms with Gasteiger partial charge in [-0.15, -0.1) is 0 Å². The third kappa shape index (κ3) is 3.45. The Labute approximate surface area is 180 Å². The van der Waals surface area contributed by atoms with Crippen molar-refractivity contribution < 1.29 is 0 Å². The zero-order valence-corrected chi connectivity index (χ0v) is 19.1. The number of hydrogen-bond acceptors (Lipinski definition) is 4. The molecule has 2 heterocycles. The van der Waals surface area contributed by atoms with Crippen molar-refractivity contribution in [2.45, 2.75) is 31.1 Å². The minimum atomic E-state index is -0.00542. The van der Waals surface area contributed by atoms with Gasteiger partial charge in [-0.3, -0.25) is 0 Å². The standard InChI is InChI=1S/C21H17ClN4Se2/c22-15-11-9-14(10-12-15)19-21(28-26-23-19)18(13-5-2-1-3-6-13)16-7-4-8-17-20(16)24-25-27-17/h1-3,5-6,9-12,16,18H,4,7-8H2/t16-,18-/m0/s1. The average molecular weight is 519 g/mol. The first-order chi connectivity index (χ1) is 13.8. The number of hydrogen-bond donors (Lipinski definition) is 0. The van der Waals surface area contributed by atoms with Crippen LogP contribution >= 0.6 is 11.6 Å². The van der Waals surface area contributed by atoms with Crippen molar-refractivity contribution in [3.05, 3.63) is 79.8 Å². The van der Waals surface area contributed by atoms with Crippen molar-refractivity contribution in [1.29, 1.82) is 0 Å². The Morgan fingerprint density at radius 2 is 1.71 bits per heavy atom. The molecule has 28 heavy (non-hydrogen) atoms. The van der Waals surface area contributed by atoms with Crippen molar-refractivity contribution in [3.63, 3.8) is 0 Å². The van der Waals surface area contributed by atoms with Crippen LogP contribution in [0.25, 0.3) is 11.3 Å². The molecular formula is C21H17ClN4Se2. The maximum absolute atomic E-state index is 6.10. The van der Waals surface area contributed by atoms with Gasteiger partial charge in [0.15, 0.2) is 0 Å². The molecule has 4 aromatic rings. The van der Waals surface area contributed by atoms with Crippen molar-refractivity contribution in [2.24, 2.45) is 0 Å². The fourth-order valence-electron chi connectivity index (χ4n) is 4.05. The van der Waals surface area contributed by atoms with Crippen LogP contribution in [-0.2, 0) is 6.42 Å². The van der Waals surface area contributed by atoms with E-state index in [-0.39, 0.29) is 35.4 Å². The summed E-state index contributed by atoms with van der Waals surface area (Å²) >= 11 is 6.29. The molecule has 4 nitrogen and oxygen atoms in total. The molecular weight excluding hydrogens is 502 g/mol. The van der Waals surface area contributed by atoms with Gasteiger partial charge in [0, 0.05) is 0 Å². The number of nitrogens with zero attached hydrogens (tertiary/aromatic N) is 4. The number of halogens is 1. The number of fused-ring (bicyclic) bond motifs is 1. The van der Waals surface area contributed by atoms with Gasteiger partial charge in [-0.05, 0) is 0 Å². The molecule has 1 aliphatic carbocycles. The van der Waals surface area contributed by atoms with Crippen molar-refractivity contribution in [3.8, 4) is 11.3 Å². The maximum atomic E-state index is 6.10. The molecule has 5 rings (SSSR count). The summed E-state index contributed by atoms with van der Waals surface area (Å²) in [5, 5.41) is 9.91. The first kappa shape index (κ1) is 18.5. The molecule has 0 saturated carbocycles. The van der Waals surface area contributed by atoms with Gasteiger partial charge in [0.2, 0.25) is 0 Å². The van der Waals surface area contributed by atoms with E-state index in [1.54, 1.807) is 0 Å². The van der Waals surface area contributed by atoms with Gasteiger partial charge in [-0.1, -0.05) is 0 Å². The Morgan fingerprint density at radius 3 is 2.54 bits per heavy atom. The summed E-state index contributed by atoms with van der Waals surface area (Å²) in [5.74, 6) is 0.613. The van der Waals surface area contributed by atoms with Gasteiger partial charge >= 0.3 is 182 Å². The molecule has 0 aliphatic heterocycles. The summed E-state index contributed by atoms with van der Waals surface area (Å²) in [4.78, 5) is 0. The summed E-state index contributed by atoms with van der Waals surface area (Å²) in [6.07, 6.45) is 3.51. The Hall–Kier alpha value is -1.55. The second-order valence-corrected chi connectivity index (χ2v) is 10.8. The van der Waals surface area contributed by atoms with Gasteiger partial charge in [0.25, 0.3) is 0 Å². The molecule has 7 heteroatoms. The molecule has 140 valence electrons. The van der Waals surface area contributed by atoms with E-state index in [9.17, 15) is 0 Å². The van der Waals surface area contributed by atoms with Gasteiger partial charge in [0.1, 0.15) is 0 Å². The first-order valence-electron chi connectivity index (χ1n) is 9.25. The van der Waals surface area contributed by atoms with E-state index in [1.807, 2.05) is 24.3 Å². The van der Waals surface area contributed by atoms with E-state index in [2.05, 4.69) is 48.7 Å². The van der Waals surface area contributed by atoms with E-state index in [1.165, 1.54) is 26.6 Å². The summed E-state index contributed by atoms with van der Waals surface area (Å²) in [6.45, 7) is 0. The predicted molar refractivity (Wildman–Crippen MR) is 112 cm³/mol. The SMILES string of the molecule is Clc1ccc(-c2nn[se]c2[C@@H](c2ccccc2)[C@@H]2CCCc3[se]nnc32)cc1. The first-order valence-corrected chi connectivity index (χ1v) is 12.9. The third-order valence-corrected chi connectivity index (χ3v) is 8.95. The van der Waals surface area contributed by atoms with Crippen LogP contribution < -0.4 is 0 Å². The van der Waals surface area contributed by atoms with Crippen molar-refractivity contribution in [2.75, 3.05) is 0 Å². The Bertz CT molecular complexity index is 1080. The second kappa shape index (κ2) is 8.06. The summed E-state index contributed by atoms with van der Waals surface area (Å²) in [6, 6.07) is 18.7. The van der Waals surface area contributed by atoms with Crippen molar-refractivity contribution >= 4 is 41.1 Å². The quantitative estimate of drug-likeness (QED) is 0.384. The van der Waals surface area contributed by atoms with Gasteiger partial charge < -0.3 is 0 Å². The van der Waals surface area contributed by atoms with Crippen LogP contribution in [0.2, 0.25) is 5.02 Å². The van der Waals surface area contributed by atoms with Gasteiger partial charge in [-0.25, -0.2) is 0 Å². The van der Waals surface area contributed by atoms with Crippen LogP contribution in [0.15, 0.2) is 54.6 Å². The molecule has 2 aromatic carbocycles. The van der Waals surface area contributed by atoms with Gasteiger partial charge in [0.05, 0.1) is 0 Å². The molecule has 0 N–H and O–H groups in total. The van der Waals surface area contributed by atoms with E-state index >= 15 is 0 Å². The topological polar surface area (TPSA) is 51.6 Å². The van der Waals surface area contributed by atoms with Crippen LogP contribution in [0.4, 0.5) is 0 Å². The van der Waals surface area contributed by atoms with Crippen LogP contribution in [0.3, 0.4) is 0 Å². The number of rotatable bonds is 4. The molecule has 0 amide bonds. The number of aromatic nitrogens is 4. The second-order valence-electron chi connectivity index (χ2n) is 6.96. The fraction of sp³-hybridized carbons (Fsp3) is 0.238. The molecule has 0 bridgehead atoms. The Morgan fingerprint density at radius 1 is 0.929 bits per heavy atom. The van der Waals surface area contributed by atoms with Gasteiger partial charge in [-0.2, -0.15) is 0 Å². The molecule has 1 aliphatic rings. The summed E-state index contributed by atoms with van der Waals surface area (Å²) in [7, 11) is 0. The molecule has 2 atom stereocenters. The third-order valence-electron chi connectivity index (χ3n) is 5.33. The predicted octanol–water partition coefficient (Wildman–Crippen LogP) is 3.95. The van der Waals surface area contributed by atoms with Crippen LogP contribution in [0.5, 0.6) is 0 Å². The summed E-state index contributed by atoms with van der Waals surface area (Å²) < 4.78 is 11.7. The summed E-state index contributed by atoms with van der Waals surface area (Å²) in [5.41, 5.74) is 4.67. The molecule has 0 fully saturated rings. The monoisotopic (exact) mass is 520 g/mol. The Kier molecular flexibility index (Phi) is 5.32. The molecule has 2 aromatic heterocycles. The number of aryl methyl sites for hydroxylation is 1. The molecule has 0 spiro atoms. The normalized spacial score (nSPS) is 17.2. The van der Waals surface area contributed by atoms with Crippen molar-refractivity contribution in [1.82, 2.24) is 18.4 Å². The van der Waals surface area contributed by atoms with Crippen LogP contribution in [0.1, 0.15) is 44.8 Å². The van der Waals surface area contributed by atoms with E-state index in [0.29, 0.717) is 5.92 Å². The van der Waals surface area contributed by atoms with E-state index in [4.69, 9.17) is 11.6 Å². The van der Waals surface area contributed by atoms with E-state index < -0.39 is 0 Å². The average Bonchev–Trinajstić information content (AvgIpc) is 3.40. The fourth-order valence-corrected chi connectivity index (χ4v) is 7.57. The molecule has 0 unspecified atom stereocenters. The molecule has 0 saturated heterocycles. The Balaban J connectivity index is 1.66. The zero-order chi connectivity index (χ0) is 18.9.